The molecule has 3 rings (SSSR count). The van der Waals surface area contributed by atoms with Crippen molar-refractivity contribution >= 4 is 23.5 Å². The minimum Gasteiger partial charge on any atom is -0.368 e. The highest BCUT2D eigenvalue weighted by molar-refractivity contribution is 6.30. The Morgan fingerprint density at radius 2 is 1.83 bits per heavy atom. The summed E-state index contributed by atoms with van der Waals surface area (Å²) < 4.78 is 1.49. The van der Waals surface area contributed by atoms with Gasteiger partial charge in [-0.25, -0.2) is 4.68 Å². The molecule has 0 saturated carbocycles. The lowest BCUT2D eigenvalue weighted by atomic mass is 10.4. The van der Waals surface area contributed by atoms with E-state index in [1.165, 1.54) is 10.9 Å². The van der Waals surface area contributed by atoms with E-state index in [1.54, 1.807) is 6.20 Å². The molecule has 0 amide bonds. The Morgan fingerprint density at radius 3 is 2.50 bits per heavy atom. The molecule has 0 bridgehead atoms. The standard InChI is InChI=1S/C10H12ClN7/c11-7-5-13-18(6-7)10-15-8(12)14-9(16-10)17-3-1-2-4-17/h5-6H,1-4H2,(H2,12,14,15,16). The Morgan fingerprint density at radius 1 is 1.11 bits per heavy atom. The van der Waals surface area contributed by atoms with E-state index >= 15 is 0 Å². The molecule has 3 heterocycles. The summed E-state index contributed by atoms with van der Waals surface area (Å²) in [5.41, 5.74) is 5.71. The maximum atomic E-state index is 5.82. The van der Waals surface area contributed by atoms with Crippen LogP contribution in [0.1, 0.15) is 12.8 Å². The smallest absolute Gasteiger partial charge is 0.257 e. The van der Waals surface area contributed by atoms with Gasteiger partial charge in [0, 0.05) is 13.1 Å². The van der Waals surface area contributed by atoms with E-state index in [9.17, 15) is 0 Å². The van der Waals surface area contributed by atoms with E-state index in [2.05, 4.69) is 25.0 Å². The van der Waals surface area contributed by atoms with Crippen LogP contribution in [-0.2, 0) is 0 Å². The van der Waals surface area contributed by atoms with Crippen molar-refractivity contribution in [2.45, 2.75) is 12.8 Å². The Labute approximate surface area is 109 Å². The van der Waals surface area contributed by atoms with Gasteiger partial charge in [0.25, 0.3) is 5.95 Å². The maximum absolute atomic E-state index is 5.82. The van der Waals surface area contributed by atoms with Crippen LogP contribution in [0.25, 0.3) is 5.95 Å². The van der Waals surface area contributed by atoms with Crippen LogP contribution in [0, 0.1) is 0 Å². The molecule has 0 radical (unpaired) electrons. The molecule has 1 aliphatic heterocycles. The van der Waals surface area contributed by atoms with E-state index in [4.69, 9.17) is 17.3 Å². The molecule has 1 aliphatic rings. The van der Waals surface area contributed by atoms with Crippen LogP contribution in [-0.4, -0.2) is 37.8 Å². The van der Waals surface area contributed by atoms with Gasteiger partial charge in [-0.15, -0.1) is 0 Å². The Kier molecular flexibility index (Phi) is 2.75. The lowest BCUT2D eigenvalue weighted by molar-refractivity contribution is 0.782. The zero-order valence-electron chi connectivity index (χ0n) is 9.62. The van der Waals surface area contributed by atoms with E-state index in [0.717, 1.165) is 25.9 Å². The number of nitrogen functional groups attached to an aromatic ring is 1. The van der Waals surface area contributed by atoms with Gasteiger partial charge in [-0.05, 0) is 12.8 Å². The van der Waals surface area contributed by atoms with E-state index in [0.29, 0.717) is 16.9 Å². The van der Waals surface area contributed by atoms with Crippen LogP contribution in [0.2, 0.25) is 5.02 Å². The van der Waals surface area contributed by atoms with Crippen molar-refractivity contribution in [2.75, 3.05) is 23.7 Å². The monoisotopic (exact) mass is 265 g/mol. The van der Waals surface area contributed by atoms with Gasteiger partial charge in [-0.1, -0.05) is 11.6 Å². The number of hydrogen-bond donors (Lipinski definition) is 1. The number of aromatic nitrogens is 5. The third-order valence-electron chi connectivity index (χ3n) is 2.77. The van der Waals surface area contributed by atoms with Crippen molar-refractivity contribution in [3.8, 4) is 5.95 Å². The molecular formula is C10H12ClN7. The van der Waals surface area contributed by atoms with Crippen LogP contribution in [0.4, 0.5) is 11.9 Å². The predicted molar refractivity (Wildman–Crippen MR) is 67.8 cm³/mol. The first-order valence-electron chi connectivity index (χ1n) is 5.69. The lowest BCUT2D eigenvalue weighted by Gasteiger charge is -2.15. The van der Waals surface area contributed by atoms with Crippen molar-refractivity contribution < 1.29 is 0 Å². The van der Waals surface area contributed by atoms with Gasteiger partial charge in [-0.3, -0.25) is 0 Å². The molecule has 8 heteroatoms. The van der Waals surface area contributed by atoms with Crippen molar-refractivity contribution in [1.82, 2.24) is 24.7 Å². The highest BCUT2D eigenvalue weighted by atomic mass is 35.5. The highest BCUT2D eigenvalue weighted by Crippen LogP contribution is 2.17. The van der Waals surface area contributed by atoms with Crippen LogP contribution >= 0.6 is 11.6 Å². The summed E-state index contributed by atoms with van der Waals surface area (Å²) in [4.78, 5) is 14.7. The second-order valence-corrected chi connectivity index (χ2v) is 4.53. The summed E-state index contributed by atoms with van der Waals surface area (Å²) in [7, 11) is 0. The third-order valence-corrected chi connectivity index (χ3v) is 2.97. The molecule has 0 aromatic carbocycles. The SMILES string of the molecule is Nc1nc(N2CCCC2)nc(-n2cc(Cl)cn2)n1. The molecule has 1 saturated heterocycles. The first-order chi connectivity index (χ1) is 8.72. The number of anilines is 2. The zero-order valence-corrected chi connectivity index (χ0v) is 10.4. The second kappa shape index (κ2) is 4.41. The van der Waals surface area contributed by atoms with Crippen LogP contribution < -0.4 is 10.6 Å². The number of halogens is 1. The summed E-state index contributed by atoms with van der Waals surface area (Å²) >= 11 is 5.82. The Hall–Kier alpha value is -1.89. The quantitative estimate of drug-likeness (QED) is 0.868. The number of rotatable bonds is 2. The summed E-state index contributed by atoms with van der Waals surface area (Å²) in [6.07, 6.45) is 5.45. The molecule has 0 unspecified atom stereocenters. The lowest BCUT2D eigenvalue weighted by Crippen LogP contribution is -2.22. The molecule has 0 aliphatic carbocycles. The van der Waals surface area contributed by atoms with Gasteiger partial charge in [-0.2, -0.15) is 20.1 Å². The molecule has 2 aromatic heterocycles. The van der Waals surface area contributed by atoms with Crippen molar-refractivity contribution in [3.05, 3.63) is 17.4 Å². The number of nitrogens with zero attached hydrogens (tertiary/aromatic N) is 6. The first kappa shape index (κ1) is 11.2. The fraction of sp³-hybridized carbons (Fsp3) is 0.400. The van der Waals surface area contributed by atoms with Crippen LogP contribution in [0.15, 0.2) is 12.4 Å². The molecular weight excluding hydrogens is 254 g/mol. The van der Waals surface area contributed by atoms with Gasteiger partial charge in [0.2, 0.25) is 11.9 Å². The first-order valence-corrected chi connectivity index (χ1v) is 6.07. The third kappa shape index (κ3) is 2.08. The molecule has 2 aromatic rings. The van der Waals surface area contributed by atoms with Crippen molar-refractivity contribution in [1.29, 1.82) is 0 Å². The molecule has 0 spiro atoms. The normalized spacial score (nSPS) is 15.3. The van der Waals surface area contributed by atoms with Crippen molar-refractivity contribution in [3.63, 3.8) is 0 Å². The molecule has 7 nitrogen and oxygen atoms in total. The Bertz CT molecular complexity index is 561. The fourth-order valence-electron chi connectivity index (χ4n) is 1.94. The topological polar surface area (TPSA) is 85.8 Å². The maximum Gasteiger partial charge on any atom is 0.257 e. The summed E-state index contributed by atoms with van der Waals surface area (Å²) in [6, 6.07) is 0. The van der Waals surface area contributed by atoms with Gasteiger partial charge >= 0.3 is 0 Å². The van der Waals surface area contributed by atoms with Crippen LogP contribution in [0.5, 0.6) is 0 Å². The summed E-state index contributed by atoms with van der Waals surface area (Å²) in [5, 5.41) is 4.58. The van der Waals surface area contributed by atoms with Gasteiger partial charge in [0.15, 0.2) is 0 Å². The highest BCUT2D eigenvalue weighted by Gasteiger charge is 2.17. The molecule has 94 valence electrons. The van der Waals surface area contributed by atoms with Gasteiger partial charge in [0.05, 0.1) is 17.4 Å². The van der Waals surface area contributed by atoms with E-state index < -0.39 is 0 Å². The largest absolute Gasteiger partial charge is 0.368 e. The minimum atomic E-state index is 0.188. The molecule has 2 N–H and O–H groups in total. The molecule has 0 atom stereocenters. The van der Waals surface area contributed by atoms with Crippen LogP contribution in [0.3, 0.4) is 0 Å². The average molecular weight is 266 g/mol. The van der Waals surface area contributed by atoms with E-state index in [-0.39, 0.29) is 5.95 Å². The summed E-state index contributed by atoms with van der Waals surface area (Å²) in [5.74, 6) is 1.17. The van der Waals surface area contributed by atoms with E-state index in [1.807, 2.05) is 0 Å². The number of hydrogen-bond acceptors (Lipinski definition) is 6. The molecule has 1 fully saturated rings. The Balaban J connectivity index is 1.99. The van der Waals surface area contributed by atoms with Gasteiger partial charge < -0.3 is 10.6 Å². The summed E-state index contributed by atoms with van der Waals surface area (Å²) in [6.45, 7) is 1.89. The zero-order chi connectivity index (χ0) is 12.5. The number of nitrogens with two attached hydrogens (primary N) is 1. The minimum absolute atomic E-state index is 0.188. The van der Waals surface area contributed by atoms with Crippen molar-refractivity contribution in [2.24, 2.45) is 0 Å². The fourth-order valence-corrected chi connectivity index (χ4v) is 2.08. The molecule has 18 heavy (non-hydrogen) atoms. The van der Waals surface area contributed by atoms with Gasteiger partial charge in [0.1, 0.15) is 0 Å². The second-order valence-electron chi connectivity index (χ2n) is 4.09. The average Bonchev–Trinajstić information content (AvgIpc) is 2.98. The predicted octanol–water partition coefficient (Wildman–Crippen LogP) is 0.893.